The van der Waals surface area contributed by atoms with Gasteiger partial charge in [0.05, 0.1) is 0 Å². The minimum absolute atomic E-state index is 0.327. The molecule has 0 saturated carbocycles. The molecule has 18 heavy (non-hydrogen) atoms. The van der Waals surface area contributed by atoms with Crippen molar-refractivity contribution in [2.45, 2.75) is 13.0 Å². The van der Waals surface area contributed by atoms with Gasteiger partial charge in [-0.1, -0.05) is 29.8 Å². The highest BCUT2D eigenvalue weighted by molar-refractivity contribution is 5.30. The fourth-order valence-electron chi connectivity index (χ4n) is 1.65. The Balaban J connectivity index is 2.20. The van der Waals surface area contributed by atoms with Crippen molar-refractivity contribution in [2.24, 2.45) is 0 Å². The van der Waals surface area contributed by atoms with Gasteiger partial charge in [0, 0.05) is 5.56 Å². The van der Waals surface area contributed by atoms with E-state index in [-0.39, 0.29) is 5.82 Å². The molecule has 0 spiro atoms. The molecule has 0 amide bonds. The maximum atomic E-state index is 12.8. The van der Waals surface area contributed by atoms with E-state index in [0.717, 1.165) is 11.1 Å². The molecule has 0 aromatic heterocycles. The average molecular weight is 241 g/mol. The molecule has 1 unspecified atom stereocenters. The number of aryl methyl sites for hydroxylation is 1. The summed E-state index contributed by atoms with van der Waals surface area (Å²) < 4.78 is 18.3. The predicted octanol–water partition coefficient (Wildman–Crippen LogP) is 3.78. The Morgan fingerprint density at radius 3 is 2.50 bits per heavy atom. The number of hydrogen-bond acceptors (Lipinski definition) is 2. The van der Waals surface area contributed by atoms with Crippen LogP contribution in [0.2, 0.25) is 0 Å². The van der Waals surface area contributed by atoms with Crippen LogP contribution in [0.1, 0.15) is 17.2 Å². The number of nitriles is 1. The molecular weight excluding hydrogens is 229 g/mol. The van der Waals surface area contributed by atoms with Gasteiger partial charge in [-0.2, -0.15) is 5.26 Å². The lowest BCUT2D eigenvalue weighted by Gasteiger charge is -2.13. The van der Waals surface area contributed by atoms with Gasteiger partial charge in [0.15, 0.2) is 0 Å². The quantitative estimate of drug-likeness (QED) is 0.819. The molecule has 0 saturated heterocycles. The van der Waals surface area contributed by atoms with Gasteiger partial charge in [-0.15, -0.1) is 0 Å². The van der Waals surface area contributed by atoms with Crippen LogP contribution in [0.3, 0.4) is 0 Å². The first-order valence-electron chi connectivity index (χ1n) is 5.57. The van der Waals surface area contributed by atoms with Crippen LogP contribution in [0, 0.1) is 24.1 Å². The summed E-state index contributed by atoms with van der Waals surface area (Å²) in [6.45, 7) is 1.95. The van der Waals surface area contributed by atoms with Crippen LogP contribution in [0.5, 0.6) is 5.75 Å². The number of ether oxygens (including phenoxy) is 1. The molecule has 2 aromatic carbocycles. The van der Waals surface area contributed by atoms with E-state index >= 15 is 0 Å². The summed E-state index contributed by atoms with van der Waals surface area (Å²) in [7, 11) is 0. The second-order valence-electron chi connectivity index (χ2n) is 4.00. The summed E-state index contributed by atoms with van der Waals surface area (Å²) in [6.07, 6.45) is -0.685. The monoisotopic (exact) mass is 241 g/mol. The molecule has 0 fully saturated rings. The van der Waals surface area contributed by atoms with Crippen molar-refractivity contribution in [3.63, 3.8) is 0 Å². The van der Waals surface area contributed by atoms with E-state index in [1.54, 1.807) is 0 Å². The van der Waals surface area contributed by atoms with Crippen molar-refractivity contribution in [3.8, 4) is 11.8 Å². The molecule has 0 aliphatic carbocycles. The van der Waals surface area contributed by atoms with Gasteiger partial charge in [-0.05, 0) is 31.2 Å². The molecule has 0 aliphatic rings. The van der Waals surface area contributed by atoms with E-state index in [4.69, 9.17) is 10.00 Å². The van der Waals surface area contributed by atoms with Gasteiger partial charge in [0.25, 0.3) is 0 Å². The summed E-state index contributed by atoms with van der Waals surface area (Å²) in [6, 6.07) is 15.3. The van der Waals surface area contributed by atoms with Crippen LogP contribution in [0.25, 0.3) is 0 Å². The zero-order valence-electron chi connectivity index (χ0n) is 9.93. The molecule has 0 radical (unpaired) electrons. The minimum Gasteiger partial charge on any atom is -0.471 e. The molecule has 0 bridgehead atoms. The van der Waals surface area contributed by atoms with Crippen LogP contribution in [-0.2, 0) is 0 Å². The van der Waals surface area contributed by atoms with Gasteiger partial charge in [0.2, 0.25) is 6.10 Å². The van der Waals surface area contributed by atoms with Crippen molar-refractivity contribution in [1.29, 1.82) is 5.26 Å². The van der Waals surface area contributed by atoms with E-state index in [1.165, 1.54) is 24.3 Å². The van der Waals surface area contributed by atoms with Crippen LogP contribution >= 0.6 is 0 Å². The SMILES string of the molecule is Cc1cccc(C(C#N)Oc2ccc(F)cc2)c1. The Bertz CT molecular complexity index is 572. The van der Waals surface area contributed by atoms with Crippen LogP contribution in [0.4, 0.5) is 4.39 Å². The van der Waals surface area contributed by atoms with Crippen molar-refractivity contribution in [2.75, 3.05) is 0 Å². The number of rotatable bonds is 3. The number of hydrogen-bond donors (Lipinski definition) is 0. The van der Waals surface area contributed by atoms with Gasteiger partial charge >= 0.3 is 0 Å². The van der Waals surface area contributed by atoms with Gasteiger partial charge in [-0.3, -0.25) is 0 Å². The molecule has 0 aliphatic heterocycles. The fourth-order valence-corrected chi connectivity index (χ4v) is 1.65. The Morgan fingerprint density at radius 2 is 1.89 bits per heavy atom. The molecule has 3 heteroatoms. The lowest BCUT2D eigenvalue weighted by atomic mass is 10.1. The van der Waals surface area contributed by atoms with Crippen molar-refractivity contribution in [3.05, 3.63) is 65.5 Å². The Morgan fingerprint density at radius 1 is 1.17 bits per heavy atom. The maximum absolute atomic E-state index is 12.8. The van der Waals surface area contributed by atoms with Crippen molar-refractivity contribution in [1.82, 2.24) is 0 Å². The molecule has 2 rings (SSSR count). The van der Waals surface area contributed by atoms with E-state index < -0.39 is 6.10 Å². The summed E-state index contributed by atoms with van der Waals surface area (Å²) in [4.78, 5) is 0. The molecule has 90 valence electrons. The molecule has 0 heterocycles. The Hall–Kier alpha value is -2.34. The third-order valence-corrected chi connectivity index (χ3v) is 2.53. The van der Waals surface area contributed by atoms with Crippen LogP contribution in [-0.4, -0.2) is 0 Å². The standard InChI is InChI=1S/C15H12FNO/c1-11-3-2-4-12(9-11)15(10-17)18-14-7-5-13(16)6-8-14/h2-9,15H,1H3. The predicted molar refractivity (Wildman–Crippen MR) is 66.6 cm³/mol. The van der Waals surface area contributed by atoms with Gasteiger partial charge in [0.1, 0.15) is 17.6 Å². The molecular formula is C15H12FNO. The number of nitrogens with zero attached hydrogens (tertiary/aromatic N) is 1. The molecule has 1 atom stereocenters. The van der Waals surface area contributed by atoms with Crippen LogP contribution < -0.4 is 4.74 Å². The summed E-state index contributed by atoms with van der Waals surface area (Å²) >= 11 is 0. The zero-order chi connectivity index (χ0) is 13.0. The normalized spacial score (nSPS) is 11.6. The van der Waals surface area contributed by atoms with Crippen molar-refractivity contribution < 1.29 is 9.13 Å². The fraction of sp³-hybridized carbons (Fsp3) is 0.133. The zero-order valence-corrected chi connectivity index (χ0v) is 9.93. The molecule has 0 N–H and O–H groups in total. The summed E-state index contributed by atoms with van der Waals surface area (Å²) in [5.74, 6) is 0.149. The Kier molecular flexibility index (Phi) is 3.59. The van der Waals surface area contributed by atoms with Gasteiger partial charge in [-0.25, -0.2) is 4.39 Å². The lowest BCUT2D eigenvalue weighted by molar-refractivity contribution is 0.262. The average Bonchev–Trinajstić information content (AvgIpc) is 2.38. The third kappa shape index (κ3) is 2.86. The van der Waals surface area contributed by atoms with Crippen LogP contribution in [0.15, 0.2) is 48.5 Å². The van der Waals surface area contributed by atoms with E-state index in [2.05, 4.69) is 6.07 Å². The number of halogens is 1. The number of benzene rings is 2. The second kappa shape index (κ2) is 5.33. The summed E-state index contributed by atoms with van der Waals surface area (Å²) in [5, 5.41) is 9.14. The van der Waals surface area contributed by atoms with Crippen molar-refractivity contribution >= 4 is 0 Å². The smallest absolute Gasteiger partial charge is 0.209 e. The highest BCUT2D eigenvalue weighted by Crippen LogP contribution is 2.22. The second-order valence-corrected chi connectivity index (χ2v) is 4.00. The molecule has 2 nitrogen and oxygen atoms in total. The maximum Gasteiger partial charge on any atom is 0.209 e. The lowest BCUT2D eigenvalue weighted by Crippen LogP contribution is -2.05. The Labute approximate surface area is 105 Å². The third-order valence-electron chi connectivity index (χ3n) is 2.53. The minimum atomic E-state index is -0.685. The topological polar surface area (TPSA) is 33.0 Å². The largest absolute Gasteiger partial charge is 0.471 e. The highest BCUT2D eigenvalue weighted by Gasteiger charge is 2.12. The first-order valence-corrected chi connectivity index (χ1v) is 5.57. The first-order chi connectivity index (χ1) is 8.69. The van der Waals surface area contributed by atoms with E-state index in [1.807, 2.05) is 31.2 Å². The molecule has 2 aromatic rings. The first kappa shape index (κ1) is 12.1. The van der Waals surface area contributed by atoms with E-state index in [0.29, 0.717) is 5.75 Å². The highest BCUT2D eigenvalue weighted by atomic mass is 19.1. The summed E-state index contributed by atoms with van der Waals surface area (Å²) in [5.41, 5.74) is 1.86. The van der Waals surface area contributed by atoms with Gasteiger partial charge < -0.3 is 4.74 Å². The van der Waals surface area contributed by atoms with E-state index in [9.17, 15) is 4.39 Å².